The lowest BCUT2D eigenvalue weighted by Gasteiger charge is -2.21. The van der Waals surface area contributed by atoms with Gasteiger partial charge in [0.25, 0.3) is 0 Å². The number of thioether (sulfide) groups is 1. The summed E-state index contributed by atoms with van der Waals surface area (Å²) in [5.74, 6) is -1.09. The van der Waals surface area contributed by atoms with E-state index in [1.807, 2.05) is 20.1 Å². The van der Waals surface area contributed by atoms with E-state index in [4.69, 9.17) is 0 Å². The van der Waals surface area contributed by atoms with E-state index in [1.54, 1.807) is 11.8 Å². The van der Waals surface area contributed by atoms with Gasteiger partial charge in [-0.1, -0.05) is 12.1 Å². The van der Waals surface area contributed by atoms with Crippen molar-refractivity contribution in [2.24, 2.45) is 0 Å². The Labute approximate surface area is 128 Å². The van der Waals surface area contributed by atoms with Crippen molar-refractivity contribution >= 4 is 11.8 Å². The minimum atomic E-state index is -0.546. The highest BCUT2D eigenvalue weighted by molar-refractivity contribution is 7.98. The lowest BCUT2D eigenvalue weighted by Crippen LogP contribution is -2.22. The van der Waals surface area contributed by atoms with Crippen molar-refractivity contribution in [1.29, 1.82) is 0 Å². The summed E-state index contributed by atoms with van der Waals surface area (Å²) in [5.41, 5.74) is 1.76. The van der Waals surface area contributed by atoms with Gasteiger partial charge in [-0.3, -0.25) is 0 Å². The maximum atomic E-state index is 13.3. The molecule has 0 bridgehead atoms. The monoisotopic (exact) mass is 307 g/mol. The fourth-order valence-corrected chi connectivity index (χ4v) is 2.69. The van der Waals surface area contributed by atoms with Gasteiger partial charge in [0.15, 0.2) is 0 Å². The van der Waals surface area contributed by atoms with Gasteiger partial charge in [0.2, 0.25) is 0 Å². The van der Waals surface area contributed by atoms with Gasteiger partial charge >= 0.3 is 0 Å². The third kappa shape index (κ3) is 4.29. The maximum absolute atomic E-state index is 13.3. The normalized spacial score (nSPS) is 14.0. The van der Waals surface area contributed by atoms with Crippen LogP contribution in [0.1, 0.15) is 37.1 Å². The summed E-state index contributed by atoms with van der Waals surface area (Å²) in [7, 11) is 0. The first-order valence-corrected chi connectivity index (χ1v) is 8.08. The predicted octanol–water partition coefficient (Wildman–Crippen LogP) is 5.10. The zero-order valence-corrected chi connectivity index (χ0v) is 13.2. The van der Waals surface area contributed by atoms with Gasteiger partial charge in [-0.15, -0.1) is 11.8 Å². The molecule has 0 spiro atoms. The molecule has 0 saturated heterocycles. The minimum Gasteiger partial charge on any atom is -0.304 e. The van der Waals surface area contributed by atoms with E-state index in [0.717, 1.165) is 11.6 Å². The van der Waals surface area contributed by atoms with Crippen LogP contribution in [0.4, 0.5) is 8.78 Å². The molecule has 1 nitrogen and oxygen atoms in total. The Morgan fingerprint density at radius 2 is 1.38 bits per heavy atom. The van der Waals surface area contributed by atoms with Gasteiger partial charge in [-0.05, 0) is 55.5 Å². The fourth-order valence-electron chi connectivity index (χ4n) is 2.29. The van der Waals surface area contributed by atoms with E-state index in [9.17, 15) is 8.78 Å². The topological polar surface area (TPSA) is 12.0 Å². The zero-order chi connectivity index (χ0) is 15.4. The zero-order valence-electron chi connectivity index (χ0n) is 12.4. The molecule has 112 valence electrons. The molecule has 2 aromatic rings. The van der Waals surface area contributed by atoms with Crippen LogP contribution in [-0.4, -0.2) is 6.26 Å². The molecular formula is C17H19F2NS. The Hall–Kier alpha value is -1.39. The molecular weight excluding hydrogens is 288 g/mol. The minimum absolute atomic E-state index is 0.0993. The molecule has 0 aliphatic heterocycles. The van der Waals surface area contributed by atoms with Crippen molar-refractivity contribution in [3.8, 4) is 0 Å². The van der Waals surface area contributed by atoms with Crippen LogP contribution in [0.25, 0.3) is 0 Å². The molecule has 2 atom stereocenters. The van der Waals surface area contributed by atoms with Crippen LogP contribution in [0.3, 0.4) is 0 Å². The van der Waals surface area contributed by atoms with Crippen LogP contribution in [0.15, 0.2) is 47.4 Å². The molecule has 21 heavy (non-hydrogen) atoms. The lowest BCUT2D eigenvalue weighted by atomic mass is 10.0. The van der Waals surface area contributed by atoms with Gasteiger partial charge in [-0.25, -0.2) is 8.78 Å². The van der Waals surface area contributed by atoms with Gasteiger partial charge in [-0.2, -0.15) is 0 Å². The Morgan fingerprint density at radius 1 is 0.857 bits per heavy atom. The van der Waals surface area contributed by atoms with Crippen LogP contribution in [0, 0.1) is 11.6 Å². The van der Waals surface area contributed by atoms with Crippen LogP contribution < -0.4 is 5.32 Å². The summed E-state index contributed by atoms with van der Waals surface area (Å²) in [6.07, 6.45) is 2.04. The average molecular weight is 307 g/mol. The van der Waals surface area contributed by atoms with E-state index in [0.29, 0.717) is 5.56 Å². The van der Waals surface area contributed by atoms with Crippen molar-refractivity contribution in [2.45, 2.75) is 30.8 Å². The van der Waals surface area contributed by atoms with Crippen LogP contribution in [0.5, 0.6) is 0 Å². The second-order valence-corrected chi connectivity index (χ2v) is 5.97. The number of hydrogen-bond donors (Lipinski definition) is 1. The van der Waals surface area contributed by atoms with E-state index in [2.05, 4.69) is 29.6 Å². The van der Waals surface area contributed by atoms with Gasteiger partial charge in [0, 0.05) is 23.0 Å². The quantitative estimate of drug-likeness (QED) is 0.771. The molecule has 0 radical (unpaired) electrons. The van der Waals surface area contributed by atoms with E-state index >= 15 is 0 Å². The highest BCUT2D eigenvalue weighted by Gasteiger charge is 2.13. The van der Waals surface area contributed by atoms with Gasteiger partial charge in [0.1, 0.15) is 11.6 Å². The Morgan fingerprint density at radius 3 is 1.90 bits per heavy atom. The molecule has 0 fully saturated rings. The standard InChI is InChI=1S/C17H19F2NS/c1-11(13-4-6-17(21-3)7-5-13)20-12(2)14-8-15(18)10-16(19)9-14/h4-12,20H,1-3H3. The Bertz CT molecular complexity index is 578. The van der Waals surface area contributed by atoms with Crippen molar-refractivity contribution in [2.75, 3.05) is 6.26 Å². The molecule has 0 aromatic heterocycles. The van der Waals surface area contributed by atoms with Crippen LogP contribution >= 0.6 is 11.8 Å². The second kappa shape index (κ2) is 7.05. The smallest absolute Gasteiger partial charge is 0.126 e. The van der Waals surface area contributed by atoms with Crippen molar-refractivity contribution < 1.29 is 8.78 Å². The van der Waals surface area contributed by atoms with E-state index in [-0.39, 0.29) is 12.1 Å². The first-order valence-electron chi connectivity index (χ1n) is 6.85. The highest BCUT2D eigenvalue weighted by Crippen LogP contribution is 2.23. The number of hydrogen-bond acceptors (Lipinski definition) is 2. The third-order valence-electron chi connectivity index (χ3n) is 3.50. The number of benzene rings is 2. The predicted molar refractivity (Wildman–Crippen MR) is 84.5 cm³/mol. The van der Waals surface area contributed by atoms with Crippen LogP contribution in [-0.2, 0) is 0 Å². The third-order valence-corrected chi connectivity index (χ3v) is 4.24. The maximum Gasteiger partial charge on any atom is 0.126 e. The van der Waals surface area contributed by atoms with Crippen LogP contribution in [0.2, 0.25) is 0 Å². The summed E-state index contributed by atoms with van der Waals surface area (Å²) in [6.45, 7) is 3.95. The Balaban J connectivity index is 2.08. The lowest BCUT2D eigenvalue weighted by molar-refractivity contribution is 0.487. The largest absolute Gasteiger partial charge is 0.304 e. The fraction of sp³-hybridized carbons (Fsp3) is 0.294. The average Bonchev–Trinajstić information content (AvgIpc) is 2.46. The summed E-state index contributed by atoms with van der Waals surface area (Å²) >= 11 is 1.70. The molecule has 2 unspecified atom stereocenters. The number of rotatable bonds is 5. The Kier molecular flexibility index (Phi) is 5.37. The number of nitrogens with one attached hydrogen (secondary N) is 1. The molecule has 0 amide bonds. The molecule has 0 heterocycles. The highest BCUT2D eigenvalue weighted by atomic mass is 32.2. The molecule has 0 aliphatic carbocycles. The summed E-state index contributed by atoms with van der Waals surface area (Å²) in [6, 6.07) is 11.9. The van der Waals surface area contributed by atoms with E-state index in [1.165, 1.54) is 17.0 Å². The SMILES string of the molecule is CSc1ccc(C(C)NC(C)c2cc(F)cc(F)c2)cc1. The second-order valence-electron chi connectivity index (χ2n) is 5.09. The first-order chi connectivity index (χ1) is 9.99. The van der Waals surface area contributed by atoms with Crippen molar-refractivity contribution in [3.63, 3.8) is 0 Å². The molecule has 4 heteroatoms. The summed E-state index contributed by atoms with van der Waals surface area (Å²) < 4.78 is 26.5. The molecule has 2 rings (SSSR count). The van der Waals surface area contributed by atoms with Gasteiger partial charge < -0.3 is 5.32 Å². The first kappa shape index (κ1) is 16.0. The van der Waals surface area contributed by atoms with Crippen molar-refractivity contribution in [1.82, 2.24) is 5.32 Å². The molecule has 2 aromatic carbocycles. The molecule has 1 N–H and O–H groups in total. The molecule has 0 saturated carbocycles. The van der Waals surface area contributed by atoms with E-state index < -0.39 is 11.6 Å². The summed E-state index contributed by atoms with van der Waals surface area (Å²) in [4.78, 5) is 1.21. The summed E-state index contributed by atoms with van der Waals surface area (Å²) in [5, 5.41) is 3.36. The number of halogens is 2. The van der Waals surface area contributed by atoms with Gasteiger partial charge in [0.05, 0.1) is 0 Å². The van der Waals surface area contributed by atoms with Crippen molar-refractivity contribution in [3.05, 3.63) is 65.2 Å². The molecule has 0 aliphatic rings.